The molecule has 1 saturated heterocycles. The molecule has 0 saturated carbocycles. The molecule has 1 aliphatic rings. The first-order valence-electron chi connectivity index (χ1n) is 5.57. The summed E-state index contributed by atoms with van der Waals surface area (Å²) in [6.07, 6.45) is 2.07. The van der Waals surface area contributed by atoms with Gasteiger partial charge in [0.15, 0.2) is 0 Å². The SMILES string of the molecule is CC1(C(=O)O)CCN(C(=O)c2cccnc2Br)C1. The van der Waals surface area contributed by atoms with E-state index in [4.69, 9.17) is 5.11 Å². The van der Waals surface area contributed by atoms with Gasteiger partial charge in [-0.1, -0.05) is 0 Å². The zero-order valence-electron chi connectivity index (χ0n) is 9.89. The fraction of sp³-hybridized carbons (Fsp3) is 0.417. The van der Waals surface area contributed by atoms with Gasteiger partial charge in [0.2, 0.25) is 0 Å². The number of hydrogen-bond acceptors (Lipinski definition) is 3. The molecule has 18 heavy (non-hydrogen) atoms. The van der Waals surface area contributed by atoms with Crippen LogP contribution in [0.3, 0.4) is 0 Å². The van der Waals surface area contributed by atoms with Crippen LogP contribution < -0.4 is 0 Å². The number of aliphatic carboxylic acids is 1. The van der Waals surface area contributed by atoms with E-state index in [2.05, 4.69) is 20.9 Å². The minimum atomic E-state index is -0.858. The maximum absolute atomic E-state index is 12.2. The molecule has 0 spiro atoms. The molecule has 5 nitrogen and oxygen atoms in total. The molecule has 6 heteroatoms. The van der Waals surface area contributed by atoms with Gasteiger partial charge in [-0.15, -0.1) is 0 Å². The van der Waals surface area contributed by atoms with Crippen LogP contribution in [0, 0.1) is 5.41 Å². The number of amides is 1. The Morgan fingerprint density at radius 2 is 2.28 bits per heavy atom. The van der Waals surface area contributed by atoms with Crippen LogP contribution in [0.1, 0.15) is 23.7 Å². The minimum absolute atomic E-state index is 0.181. The molecule has 1 aromatic heterocycles. The number of carbonyl (C=O) groups is 2. The van der Waals surface area contributed by atoms with Gasteiger partial charge in [0, 0.05) is 19.3 Å². The summed E-state index contributed by atoms with van der Waals surface area (Å²) in [6, 6.07) is 3.36. The molecule has 1 aliphatic heterocycles. The predicted molar refractivity (Wildman–Crippen MR) is 68.2 cm³/mol. The number of carboxylic acids is 1. The molecule has 1 aromatic rings. The van der Waals surface area contributed by atoms with Gasteiger partial charge < -0.3 is 10.0 Å². The topological polar surface area (TPSA) is 70.5 Å². The number of hydrogen-bond donors (Lipinski definition) is 1. The predicted octanol–water partition coefficient (Wildman–Crippen LogP) is 1.78. The van der Waals surface area contributed by atoms with Gasteiger partial charge in [0.05, 0.1) is 11.0 Å². The lowest BCUT2D eigenvalue weighted by Gasteiger charge is -2.20. The van der Waals surface area contributed by atoms with Crippen molar-refractivity contribution < 1.29 is 14.7 Å². The Hall–Kier alpha value is -1.43. The number of carbonyl (C=O) groups excluding carboxylic acids is 1. The third-order valence-corrected chi connectivity index (χ3v) is 3.90. The summed E-state index contributed by atoms with van der Waals surface area (Å²) in [5.41, 5.74) is -0.378. The fourth-order valence-electron chi connectivity index (χ4n) is 2.02. The normalized spacial score (nSPS) is 23.1. The summed E-state index contributed by atoms with van der Waals surface area (Å²) in [5.74, 6) is -1.04. The summed E-state index contributed by atoms with van der Waals surface area (Å²) >= 11 is 3.23. The van der Waals surface area contributed by atoms with E-state index in [0.717, 1.165) is 0 Å². The van der Waals surface area contributed by atoms with Crippen LogP contribution in [0.15, 0.2) is 22.9 Å². The zero-order chi connectivity index (χ0) is 13.3. The molecule has 1 atom stereocenters. The molecule has 0 aromatic carbocycles. The van der Waals surface area contributed by atoms with Crippen LogP contribution in [0.2, 0.25) is 0 Å². The molecular weight excluding hydrogens is 300 g/mol. The van der Waals surface area contributed by atoms with Crippen LogP contribution >= 0.6 is 15.9 Å². The lowest BCUT2D eigenvalue weighted by molar-refractivity contribution is -0.147. The smallest absolute Gasteiger partial charge is 0.311 e. The van der Waals surface area contributed by atoms with Crippen molar-refractivity contribution in [2.75, 3.05) is 13.1 Å². The van der Waals surface area contributed by atoms with Crippen molar-refractivity contribution >= 4 is 27.8 Å². The van der Waals surface area contributed by atoms with Crippen molar-refractivity contribution in [1.82, 2.24) is 9.88 Å². The molecule has 1 amide bonds. The number of carboxylic acid groups (broad SMARTS) is 1. The van der Waals surface area contributed by atoms with E-state index >= 15 is 0 Å². The van der Waals surface area contributed by atoms with Crippen LogP contribution in [-0.4, -0.2) is 40.0 Å². The van der Waals surface area contributed by atoms with Gasteiger partial charge in [0.25, 0.3) is 5.91 Å². The minimum Gasteiger partial charge on any atom is -0.481 e. The molecule has 0 bridgehead atoms. The highest BCUT2D eigenvalue weighted by atomic mass is 79.9. The van der Waals surface area contributed by atoms with Gasteiger partial charge in [-0.25, -0.2) is 4.98 Å². The molecule has 2 rings (SSSR count). The molecule has 1 fully saturated rings. The Morgan fingerprint density at radius 3 is 2.83 bits per heavy atom. The molecule has 1 unspecified atom stereocenters. The molecule has 0 radical (unpaired) electrons. The second-order valence-electron chi connectivity index (χ2n) is 4.68. The molecule has 1 N–H and O–H groups in total. The van der Waals surface area contributed by atoms with Gasteiger partial charge in [-0.2, -0.15) is 0 Å². The van der Waals surface area contributed by atoms with Crippen molar-refractivity contribution in [2.24, 2.45) is 5.41 Å². The van der Waals surface area contributed by atoms with Crippen LogP contribution in [0.25, 0.3) is 0 Å². The second-order valence-corrected chi connectivity index (χ2v) is 5.44. The number of rotatable bonds is 2. The standard InChI is InChI=1S/C12H13BrN2O3/c1-12(11(17)18)4-6-15(7-12)10(16)8-3-2-5-14-9(8)13/h2-3,5H,4,6-7H2,1H3,(H,17,18). The Labute approximate surface area is 113 Å². The Morgan fingerprint density at radius 1 is 1.56 bits per heavy atom. The zero-order valence-corrected chi connectivity index (χ0v) is 11.5. The highest BCUT2D eigenvalue weighted by Gasteiger charge is 2.42. The van der Waals surface area contributed by atoms with Crippen LogP contribution in [-0.2, 0) is 4.79 Å². The summed E-state index contributed by atoms with van der Waals surface area (Å²) in [7, 11) is 0. The van der Waals surface area contributed by atoms with Gasteiger partial charge >= 0.3 is 5.97 Å². The first-order valence-corrected chi connectivity index (χ1v) is 6.36. The van der Waals surface area contributed by atoms with Crippen molar-refractivity contribution in [3.63, 3.8) is 0 Å². The van der Waals surface area contributed by atoms with Crippen molar-refractivity contribution in [3.8, 4) is 0 Å². The molecule has 2 heterocycles. The van der Waals surface area contributed by atoms with E-state index in [9.17, 15) is 9.59 Å². The number of nitrogens with zero attached hydrogens (tertiary/aromatic N) is 2. The van der Waals surface area contributed by atoms with Crippen LogP contribution in [0.5, 0.6) is 0 Å². The quantitative estimate of drug-likeness (QED) is 0.845. The molecular formula is C12H13BrN2O3. The lowest BCUT2D eigenvalue weighted by atomic mass is 9.90. The van der Waals surface area contributed by atoms with Crippen LogP contribution in [0.4, 0.5) is 0 Å². The number of aromatic nitrogens is 1. The average molecular weight is 313 g/mol. The van der Waals surface area contributed by atoms with Gasteiger partial charge in [-0.05, 0) is 41.4 Å². The van der Waals surface area contributed by atoms with Crippen molar-refractivity contribution in [2.45, 2.75) is 13.3 Å². The third-order valence-electron chi connectivity index (χ3n) is 3.27. The average Bonchev–Trinajstić information content (AvgIpc) is 2.73. The first-order chi connectivity index (χ1) is 8.44. The van der Waals surface area contributed by atoms with E-state index in [1.807, 2.05) is 0 Å². The number of pyridine rings is 1. The summed E-state index contributed by atoms with van der Waals surface area (Å²) in [5, 5.41) is 9.14. The van der Waals surface area contributed by atoms with E-state index in [0.29, 0.717) is 23.1 Å². The van der Waals surface area contributed by atoms with Gasteiger partial charge in [-0.3, -0.25) is 9.59 Å². The summed E-state index contributed by atoms with van der Waals surface area (Å²) in [6.45, 7) is 2.37. The van der Waals surface area contributed by atoms with E-state index in [-0.39, 0.29) is 12.5 Å². The van der Waals surface area contributed by atoms with Crippen molar-refractivity contribution in [3.05, 3.63) is 28.5 Å². The Kier molecular flexibility index (Phi) is 3.38. The largest absolute Gasteiger partial charge is 0.481 e. The maximum Gasteiger partial charge on any atom is 0.311 e. The lowest BCUT2D eigenvalue weighted by Crippen LogP contribution is -2.35. The first kappa shape index (κ1) is 13.0. The summed E-state index contributed by atoms with van der Waals surface area (Å²) in [4.78, 5) is 28.9. The number of likely N-dealkylation sites (tertiary alicyclic amines) is 1. The molecule has 0 aliphatic carbocycles. The maximum atomic E-state index is 12.2. The van der Waals surface area contributed by atoms with E-state index in [1.54, 1.807) is 30.2 Å². The monoisotopic (exact) mass is 312 g/mol. The Balaban J connectivity index is 2.18. The third kappa shape index (κ3) is 2.25. The highest BCUT2D eigenvalue weighted by molar-refractivity contribution is 9.10. The highest BCUT2D eigenvalue weighted by Crippen LogP contribution is 2.31. The van der Waals surface area contributed by atoms with Gasteiger partial charge in [0.1, 0.15) is 4.60 Å². The van der Waals surface area contributed by atoms with E-state index < -0.39 is 11.4 Å². The van der Waals surface area contributed by atoms with Crippen molar-refractivity contribution in [1.29, 1.82) is 0 Å². The number of halogens is 1. The van der Waals surface area contributed by atoms with E-state index in [1.165, 1.54) is 0 Å². The summed E-state index contributed by atoms with van der Waals surface area (Å²) < 4.78 is 0.485. The second kappa shape index (κ2) is 4.68. The molecule has 96 valence electrons. The fourth-order valence-corrected chi connectivity index (χ4v) is 2.44. The Bertz CT molecular complexity index is 506.